The second kappa shape index (κ2) is 5.91. The number of hydrogen-bond acceptors (Lipinski definition) is 3. The van der Waals surface area contributed by atoms with Crippen LogP contribution >= 0.6 is 0 Å². The van der Waals surface area contributed by atoms with Crippen molar-refractivity contribution in [3.05, 3.63) is 0 Å². The van der Waals surface area contributed by atoms with Crippen LogP contribution in [-0.2, 0) is 10.2 Å². The van der Waals surface area contributed by atoms with Crippen molar-refractivity contribution in [3.63, 3.8) is 0 Å². The number of nitrogens with one attached hydrogen (secondary N) is 1. The summed E-state index contributed by atoms with van der Waals surface area (Å²) in [7, 11) is -3.25. The fourth-order valence-electron chi connectivity index (χ4n) is 4.10. The second-order valence-electron chi connectivity index (χ2n) is 6.50. The minimum Gasteiger partial charge on any atom is -0.317 e. The van der Waals surface area contributed by atoms with Crippen molar-refractivity contribution in [3.8, 4) is 0 Å². The van der Waals surface area contributed by atoms with Gasteiger partial charge in [0, 0.05) is 25.2 Å². The van der Waals surface area contributed by atoms with E-state index < -0.39 is 10.2 Å². The predicted molar refractivity (Wildman–Crippen MR) is 79.6 cm³/mol. The first kappa shape index (κ1) is 14.8. The van der Waals surface area contributed by atoms with Crippen molar-refractivity contribution in [1.29, 1.82) is 0 Å². The number of fused-ring (bicyclic) bond motifs is 2. The van der Waals surface area contributed by atoms with E-state index in [0.29, 0.717) is 12.5 Å². The quantitative estimate of drug-likeness (QED) is 0.829. The minimum absolute atomic E-state index is 0.195. The molecule has 3 aliphatic rings. The first-order chi connectivity index (χ1) is 9.63. The normalized spacial score (nSPS) is 32.3. The molecule has 5 nitrogen and oxygen atoms in total. The Morgan fingerprint density at radius 2 is 1.95 bits per heavy atom. The molecule has 0 radical (unpaired) electrons. The number of hydrogen-bond donors (Lipinski definition) is 1. The predicted octanol–water partition coefficient (Wildman–Crippen LogP) is 1.18. The molecule has 2 saturated heterocycles. The third kappa shape index (κ3) is 2.63. The highest BCUT2D eigenvalue weighted by Gasteiger charge is 2.46. The lowest BCUT2D eigenvalue weighted by molar-refractivity contribution is 0.229. The van der Waals surface area contributed by atoms with Gasteiger partial charge in [-0.15, -0.1) is 0 Å². The van der Waals surface area contributed by atoms with Crippen LogP contribution in [0.1, 0.15) is 45.4 Å². The zero-order valence-electron chi connectivity index (χ0n) is 12.4. The summed E-state index contributed by atoms with van der Waals surface area (Å²) in [5.74, 6) is 0.617. The Balaban J connectivity index is 1.78. The summed E-state index contributed by atoms with van der Waals surface area (Å²) in [6.45, 7) is 5.37. The number of rotatable bonds is 5. The standard InChI is InChI=1S/C14H27N3O2S/c1-2-9-16(13-5-7-15-8-6-13)20(18,19)17-11-12-3-4-14(17)10-12/h12-15H,2-11H2,1H3. The fraction of sp³-hybridized carbons (Fsp3) is 1.00. The van der Waals surface area contributed by atoms with Crippen molar-refractivity contribution >= 4 is 10.2 Å². The van der Waals surface area contributed by atoms with Crippen LogP contribution in [0.5, 0.6) is 0 Å². The molecule has 20 heavy (non-hydrogen) atoms. The topological polar surface area (TPSA) is 52.7 Å². The molecule has 2 aliphatic heterocycles. The molecule has 2 atom stereocenters. The monoisotopic (exact) mass is 301 g/mol. The van der Waals surface area contributed by atoms with Gasteiger partial charge >= 0.3 is 0 Å². The van der Waals surface area contributed by atoms with E-state index in [-0.39, 0.29) is 12.1 Å². The molecule has 3 fully saturated rings. The summed E-state index contributed by atoms with van der Waals surface area (Å²) >= 11 is 0. The average molecular weight is 301 g/mol. The molecule has 3 rings (SSSR count). The van der Waals surface area contributed by atoms with Gasteiger partial charge in [-0.2, -0.15) is 17.0 Å². The lowest BCUT2D eigenvalue weighted by Crippen LogP contribution is -2.53. The van der Waals surface area contributed by atoms with Gasteiger partial charge in [0.1, 0.15) is 0 Å². The van der Waals surface area contributed by atoms with Gasteiger partial charge in [-0.25, -0.2) is 0 Å². The Bertz CT molecular complexity index is 434. The van der Waals surface area contributed by atoms with E-state index in [4.69, 9.17) is 0 Å². The molecular weight excluding hydrogens is 274 g/mol. The van der Waals surface area contributed by atoms with Crippen LogP contribution in [0.4, 0.5) is 0 Å². The van der Waals surface area contributed by atoms with Crippen LogP contribution in [0, 0.1) is 5.92 Å². The molecular formula is C14H27N3O2S. The number of piperidine rings is 2. The van der Waals surface area contributed by atoms with Crippen molar-refractivity contribution in [2.24, 2.45) is 5.92 Å². The van der Waals surface area contributed by atoms with E-state index in [9.17, 15) is 8.42 Å². The van der Waals surface area contributed by atoms with Crippen molar-refractivity contribution < 1.29 is 8.42 Å². The van der Waals surface area contributed by atoms with E-state index in [0.717, 1.165) is 51.7 Å². The molecule has 0 aromatic heterocycles. The summed E-state index contributed by atoms with van der Waals surface area (Å²) in [6.07, 6.45) is 6.16. The first-order valence-corrected chi connectivity index (χ1v) is 9.52. The maximum absolute atomic E-state index is 13.0. The van der Waals surface area contributed by atoms with Gasteiger partial charge in [0.05, 0.1) is 0 Å². The van der Waals surface area contributed by atoms with Gasteiger partial charge in [0.15, 0.2) is 0 Å². The van der Waals surface area contributed by atoms with E-state index in [1.54, 1.807) is 0 Å². The molecule has 2 bridgehead atoms. The Labute approximate surface area is 122 Å². The molecule has 1 aliphatic carbocycles. The van der Waals surface area contributed by atoms with Gasteiger partial charge in [-0.1, -0.05) is 6.92 Å². The van der Waals surface area contributed by atoms with E-state index in [2.05, 4.69) is 12.2 Å². The molecule has 0 aromatic rings. The zero-order chi connectivity index (χ0) is 14.2. The summed E-state index contributed by atoms with van der Waals surface area (Å²) in [6, 6.07) is 0.478. The molecule has 1 saturated carbocycles. The Morgan fingerprint density at radius 3 is 2.50 bits per heavy atom. The average Bonchev–Trinajstić information content (AvgIpc) is 3.08. The molecule has 0 aromatic carbocycles. The van der Waals surface area contributed by atoms with Crippen molar-refractivity contribution in [2.75, 3.05) is 26.2 Å². The first-order valence-electron chi connectivity index (χ1n) is 8.12. The summed E-state index contributed by atoms with van der Waals surface area (Å²) in [5.41, 5.74) is 0. The minimum atomic E-state index is -3.25. The lowest BCUT2D eigenvalue weighted by atomic mass is 10.1. The Kier molecular flexibility index (Phi) is 4.36. The van der Waals surface area contributed by atoms with Crippen LogP contribution in [0.3, 0.4) is 0 Å². The summed E-state index contributed by atoms with van der Waals surface area (Å²) in [4.78, 5) is 0. The molecule has 1 N–H and O–H groups in total. The fourth-order valence-corrected chi connectivity index (χ4v) is 6.34. The van der Waals surface area contributed by atoms with Gasteiger partial charge in [-0.3, -0.25) is 0 Å². The van der Waals surface area contributed by atoms with Crippen LogP contribution in [0.15, 0.2) is 0 Å². The smallest absolute Gasteiger partial charge is 0.282 e. The van der Waals surface area contributed by atoms with Gasteiger partial charge in [0.25, 0.3) is 10.2 Å². The van der Waals surface area contributed by atoms with Crippen LogP contribution < -0.4 is 5.32 Å². The van der Waals surface area contributed by atoms with Crippen LogP contribution in [-0.4, -0.2) is 55.3 Å². The second-order valence-corrected chi connectivity index (χ2v) is 8.34. The maximum atomic E-state index is 13.0. The highest BCUT2D eigenvalue weighted by atomic mass is 32.2. The van der Waals surface area contributed by atoms with Gasteiger partial charge < -0.3 is 5.32 Å². The van der Waals surface area contributed by atoms with E-state index >= 15 is 0 Å². The van der Waals surface area contributed by atoms with Crippen molar-refractivity contribution in [1.82, 2.24) is 13.9 Å². The van der Waals surface area contributed by atoms with E-state index in [1.807, 2.05) is 8.61 Å². The summed E-state index contributed by atoms with van der Waals surface area (Å²) in [5, 5.41) is 3.32. The molecule has 116 valence electrons. The third-order valence-electron chi connectivity index (χ3n) is 5.11. The van der Waals surface area contributed by atoms with Crippen LogP contribution in [0.25, 0.3) is 0 Å². The van der Waals surface area contributed by atoms with Gasteiger partial charge in [0.2, 0.25) is 0 Å². The van der Waals surface area contributed by atoms with Crippen molar-refractivity contribution in [2.45, 2.75) is 57.5 Å². The molecule has 2 heterocycles. The highest BCUT2D eigenvalue weighted by molar-refractivity contribution is 7.86. The summed E-state index contributed by atoms with van der Waals surface area (Å²) < 4.78 is 29.7. The zero-order valence-corrected chi connectivity index (χ0v) is 13.2. The SMILES string of the molecule is CCCN(C1CCNCC1)S(=O)(=O)N1CC2CCC1C2. The molecule has 2 unspecified atom stereocenters. The molecule has 0 amide bonds. The Morgan fingerprint density at radius 1 is 1.20 bits per heavy atom. The maximum Gasteiger partial charge on any atom is 0.282 e. The van der Waals surface area contributed by atoms with Gasteiger partial charge in [-0.05, 0) is 57.5 Å². The Hall–Kier alpha value is -0.170. The third-order valence-corrected chi connectivity index (χ3v) is 7.22. The lowest BCUT2D eigenvalue weighted by Gasteiger charge is -2.38. The van der Waals surface area contributed by atoms with Crippen LogP contribution in [0.2, 0.25) is 0 Å². The molecule has 0 spiro atoms. The largest absolute Gasteiger partial charge is 0.317 e. The van der Waals surface area contributed by atoms with E-state index in [1.165, 1.54) is 6.42 Å². The highest BCUT2D eigenvalue weighted by Crippen LogP contribution is 2.40. The number of nitrogens with zero attached hydrogens (tertiary/aromatic N) is 2. The molecule has 6 heteroatoms.